The van der Waals surface area contributed by atoms with Crippen molar-refractivity contribution >= 4 is 11.6 Å². The number of aryl methyl sites for hydroxylation is 4. The van der Waals surface area contributed by atoms with Gasteiger partial charge in [0.05, 0.1) is 11.4 Å². The van der Waals surface area contributed by atoms with Gasteiger partial charge in [0.1, 0.15) is 11.4 Å². The first kappa shape index (κ1) is 18.7. The van der Waals surface area contributed by atoms with Crippen molar-refractivity contribution in [1.29, 1.82) is 0 Å². The van der Waals surface area contributed by atoms with Crippen molar-refractivity contribution in [1.82, 2.24) is 14.3 Å². The van der Waals surface area contributed by atoms with Crippen LogP contribution in [-0.2, 0) is 7.05 Å². The van der Waals surface area contributed by atoms with E-state index in [4.69, 9.17) is 5.10 Å². The minimum Gasteiger partial charge on any atom is -0.349 e. The lowest BCUT2D eigenvalue weighted by Crippen LogP contribution is -2.17. The van der Waals surface area contributed by atoms with Crippen LogP contribution in [0.3, 0.4) is 0 Å². The van der Waals surface area contributed by atoms with Crippen LogP contribution in [0.25, 0.3) is 17.1 Å². The molecule has 0 saturated carbocycles. The van der Waals surface area contributed by atoms with Crippen LogP contribution in [0.2, 0.25) is 0 Å². The average Bonchev–Trinajstić information content (AvgIpc) is 3.31. The van der Waals surface area contributed by atoms with Gasteiger partial charge in [0.25, 0.3) is 5.91 Å². The Bertz CT molecular complexity index is 1180. The van der Waals surface area contributed by atoms with Gasteiger partial charge in [-0.3, -0.25) is 4.79 Å². The number of carbonyl (C=O) groups is 1. The van der Waals surface area contributed by atoms with Gasteiger partial charge in [0, 0.05) is 18.9 Å². The van der Waals surface area contributed by atoms with Gasteiger partial charge >= 0.3 is 0 Å². The summed E-state index contributed by atoms with van der Waals surface area (Å²) in [4.78, 5) is 13.2. The molecule has 0 aliphatic heterocycles. The summed E-state index contributed by atoms with van der Waals surface area (Å²) < 4.78 is 3.74. The predicted octanol–water partition coefficient (Wildman–Crippen LogP) is 5.06. The van der Waals surface area contributed by atoms with Crippen LogP contribution >= 0.6 is 0 Å². The summed E-state index contributed by atoms with van der Waals surface area (Å²) in [5, 5.41) is 7.79. The van der Waals surface area contributed by atoms with Crippen molar-refractivity contribution in [2.75, 3.05) is 5.32 Å². The fourth-order valence-corrected chi connectivity index (χ4v) is 3.36. The van der Waals surface area contributed by atoms with Gasteiger partial charge < -0.3 is 9.88 Å². The Labute approximate surface area is 170 Å². The molecule has 0 saturated heterocycles. The maximum Gasteiger partial charge on any atom is 0.274 e. The zero-order chi connectivity index (χ0) is 20.5. The van der Waals surface area contributed by atoms with E-state index in [0.717, 1.165) is 39.5 Å². The largest absolute Gasteiger partial charge is 0.349 e. The number of nitrogens with zero attached hydrogens (tertiary/aromatic N) is 3. The highest BCUT2D eigenvalue weighted by molar-refractivity contribution is 6.04. The molecule has 0 bridgehead atoms. The smallest absolute Gasteiger partial charge is 0.274 e. The maximum absolute atomic E-state index is 13.2. The number of amides is 1. The summed E-state index contributed by atoms with van der Waals surface area (Å²) in [6.45, 7) is 6.09. The molecular formula is C24H24N4O. The molecule has 29 heavy (non-hydrogen) atoms. The molecule has 0 spiro atoms. The highest BCUT2D eigenvalue weighted by Crippen LogP contribution is 2.25. The lowest BCUT2D eigenvalue weighted by atomic mass is 10.1. The third-order valence-corrected chi connectivity index (χ3v) is 5.05. The molecule has 2 aromatic heterocycles. The van der Waals surface area contributed by atoms with Crippen molar-refractivity contribution in [3.8, 4) is 17.1 Å². The first-order valence-electron chi connectivity index (χ1n) is 9.60. The Morgan fingerprint density at radius 1 is 0.931 bits per heavy atom. The molecule has 2 aromatic carbocycles. The van der Waals surface area contributed by atoms with E-state index in [1.54, 1.807) is 4.68 Å². The normalized spacial score (nSPS) is 10.9. The van der Waals surface area contributed by atoms with E-state index in [9.17, 15) is 4.79 Å². The summed E-state index contributed by atoms with van der Waals surface area (Å²) >= 11 is 0. The highest BCUT2D eigenvalue weighted by atomic mass is 16.2. The second-order valence-corrected chi connectivity index (χ2v) is 7.44. The number of carbonyl (C=O) groups excluding carboxylic acids is 1. The molecule has 1 N–H and O–H groups in total. The molecule has 0 unspecified atom stereocenters. The van der Waals surface area contributed by atoms with E-state index in [0.29, 0.717) is 5.69 Å². The molecule has 0 aliphatic carbocycles. The van der Waals surface area contributed by atoms with Crippen LogP contribution in [0.5, 0.6) is 0 Å². The summed E-state index contributed by atoms with van der Waals surface area (Å²) in [6.07, 6.45) is 1.97. The van der Waals surface area contributed by atoms with Crippen LogP contribution in [-0.4, -0.2) is 20.3 Å². The second kappa shape index (κ2) is 7.43. The second-order valence-electron chi connectivity index (χ2n) is 7.44. The Kier molecular flexibility index (Phi) is 4.80. The molecule has 0 atom stereocenters. The lowest BCUT2D eigenvalue weighted by molar-refractivity contribution is 0.101. The van der Waals surface area contributed by atoms with E-state index in [2.05, 4.69) is 23.5 Å². The number of aromatic nitrogens is 3. The maximum atomic E-state index is 13.2. The third kappa shape index (κ3) is 3.72. The van der Waals surface area contributed by atoms with Gasteiger partial charge in [-0.25, -0.2) is 4.68 Å². The Morgan fingerprint density at radius 2 is 1.66 bits per heavy atom. The minimum absolute atomic E-state index is 0.192. The van der Waals surface area contributed by atoms with Gasteiger partial charge in [0.2, 0.25) is 0 Å². The quantitative estimate of drug-likeness (QED) is 0.535. The predicted molar refractivity (Wildman–Crippen MR) is 117 cm³/mol. The molecule has 146 valence electrons. The number of rotatable bonds is 4. The van der Waals surface area contributed by atoms with E-state index in [1.807, 2.05) is 81.0 Å². The van der Waals surface area contributed by atoms with E-state index < -0.39 is 0 Å². The van der Waals surface area contributed by atoms with Gasteiger partial charge in [-0.1, -0.05) is 29.8 Å². The number of hydrogen-bond donors (Lipinski definition) is 1. The molecule has 0 radical (unpaired) electrons. The molecule has 5 nitrogen and oxygen atoms in total. The number of hydrogen-bond acceptors (Lipinski definition) is 2. The summed E-state index contributed by atoms with van der Waals surface area (Å²) in [7, 11) is 1.97. The SMILES string of the molecule is Cc1ccc(NC(=O)c2cc(-c3cccn3C)nn2-c2cc(C)ccc2C)cc1. The fourth-order valence-electron chi connectivity index (χ4n) is 3.36. The summed E-state index contributed by atoms with van der Waals surface area (Å²) in [6, 6.07) is 19.8. The van der Waals surface area contributed by atoms with E-state index in [1.165, 1.54) is 0 Å². The van der Waals surface area contributed by atoms with Crippen molar-refractivity contribution in [3.63, 3.8) is 0 Å². The van der Waals surface area contributed by atoms with Gasteiger partial charge in [-0.05, 0) is 68.3 Å². The van der Waals surface area contributed by atoms with Crippen LogP contribution in [0.1, 0.15) is 27.2 Å². The Balaban J connectivity index is 1.81. The lowest BCUT2D eigenvalue weighted by Gasteiger charge is -2.11. The topological polar surface area (TPSA) is 51.9 Å². The zero-order valence-electron chi connectivity index (χ0n) is 17.1. The van der Waals surface area contributed by atoms with E-state index in [-0.39, 0.29) is 5.91 Å². The van der Waals surface area contributed by atoms with Crippen molar-refractivity contribution < 1.29 is 4.79 Å². The zero-order valence-corrected chi connectivity index (χ0v) is 17.1. The minimum atomic E-state index is -0.192. The van der Waals surface area contributed by atoms with Crippen molar-refractivity contribution in [2.24, 2.45) is 7.05 Å². The van der Waals surface area contributed by atoms with Crippen LogP contribution in [0, 0.1) is 20.8 Å². The highest BCUT2D eigenvalue weighted by Gasteiger charge is 2.20. The van der Waals surface area contributed by atoms with Gasteiger partial charge in [-0.15, -0.1) is 0 Å². The molecule has 2 heterocycles. The number of benzene rings is 2. The molecule has 0 fully saturated rings. The Morgan fingerprint density at radius 3 is 2.34 bits per heavy atom. The van der Waals surface area contributed by atoms with Crippen LogP contribution in [0.4, 0.5) is 5.69 Å². The monoisotopic (exact) mass is 384 g/mol. The molecule has 5 heteroatoms. The van der Waals surface area contributed by atoms with Crippen LogP contribution < -0.4 is 5.32 Å². The standard InChI is InChI=1S/C24H24N4O/c1-16-8-11-19(12-9-16)25-24(29)23-15-20(21-6-5-13-27(21)4)26-28(23)22-14-17(2)7-10-18(22)3/h5-15H,1-4H3,(H,25,29). The number of anilines is 1. The molecular weight excluding hydrogens is 360 g/mol. The van der Waals surface area contributed by atoms with Crippen molar-refractivity contribution in [3.05, 3.63) is 89.2 Å². The first-order chi connectivity index (χ1) is 13.9. The molecule has 1 amide bonds. The molecule has 4 rings (SSSR count). The van der Waals surface area contributed by atoms with Crippen LogP contribution in [0.15, 0.2) is 66.9 Å². The van der Waals surface area contributed by atoms with Gasteiger partial charge in [-0.2, -0.15) is 5.10 Å². The van der Waals surface area contributed by atoms with Crippen molar-refractivity contribution in [2.45, 2.75) is 20.8 Å². The molecule has 0 aliphatic rings. The third-order valence-electron chi connectivity index (χ3n) is 5.05. The first-order valence-corrected chi connectivity index (χ1v) is 9.60. The summed E-state index contributed by atoms with van der Waals surface area (Å²) in [5.74, 6) is -0.192. The van der Waals surface area contributed by atoms with Gasteiger partial charge in [0.15, 0.2) is 0 Å². The average molecular weight is 384 g/mol. The fraction of sp³-hybridized carbons (Fsp3) is 0.167. The van der Waals surface area contributed by atoms with E-state index >= 15 is 0 Å². The molecule has 4 aromatic rings. The Hall–Kier alpha value is -3.60. The number of nitrogens with one attached hydrogen (secondary N) is 1. The summed E-state index contributed by atoms with van der Waals surface area (Å²) in [5.41, 5.74) is 7.19.